The van der Waals surface area contributed by atoms with E-state index in [-0.39, 0.29) is 12.2 Å². The zero-order chi connectivity index (χ0) is 22.0. The van der Waals surface area contributed by atoms with Crippen LogP contribution in [-0.4, -0.2) is 50.7 Å². The van der Waals surface area contributed by atoms with Crippen LogP contribution < -0.4 is 9.62 Å². The Morgan fingerprint density at radius 1 is 1.16 bits per heavy atom. The number of rotatable bonds is 6. The minimum atomic E-state index is -3.29. The summed E-state index contributed by atoms with van der Waals surface area (Å²) in [7, 11) is -2.01. The molecule has 3 aromatic rings. The van der Waals surface area contributed by atoms with Crippen molar-refractivity contribution in [2.45, 2.75) is 18.9 Å². The maximum absolute atomic E-state index is 12.8. The van der Waals surface area contributed by atoms with E-state index in [1.807, 2.05) is 30.5 Å². The van der Waals surface area contributed by atoms with Gasteiger partial charge in [0.1, 0.15) is 6.04 Å². The Kier molecular flexibility index (Phi) is 5.69. The van der Waals surface area contributed by atoms with Gasteiger partial charge in [-0.25, -0.2) is 13.2 Å². The average molecular weight is 442 g/mol. The Hall–Kier alpha value is -3.33. The minimum Gasteiger partial charge on any atom is -0.467 e. The summed E-state index contributed by atoms with van der Waals surface area (Å²) in [4.78, 5) is 28.2. The number of carbonyl (C=O) groups excluding carboxylic acids is 2. The fraction of sp³-hybridized carbons (Fsp3) is 0.273. The second kappa shape index (κ2) is 8.43. The molecule has 1 aliphatic heterocycles. The Morgan fingerprint density at radius 3 is 2.58 bits per heavy atom. The Bertz CT molecular complexity index is 1220. The molecule has 1 amide bonds. The van der Waals surface area contributed by atoms with Crippen LogP contribution in [0.3, 0.4) is 0 Å². The number of H-pyrrole nitrogens is 1. The summed E-state index contributed by atoms with van der Waals surface area (Å²) in [5.41, 5.74) is 2.69. The minimum absolute atomic E-state index is 0.129. The molecule has 162 valence electrons. The number of sulfonamides is 1. The van der Waals surface area contributed by atoms with Crippen molar-refractivity contribution in [1.82, 2.24) is 10.3 Å². The summed E-state index contributed by atoms with van der Waals surface area (Å²) in [5, 5.41) is 3.71. The first-order chi connectivity index (χ1) is 14.9. The Balaban J connectivity index is 1.51. The van der Waals surface area contributed by atoms with E-state index in [2.05, 4.69) is 10.3 Å². The highest BCUT2D eigenvalue weighted by atomic mass is 32.2. The van der Waals surface area contributed by atoms with Gasteiger partial charge < -0.3 is 15.0 Å². The van der Waals surface area contributed by atoms with Crippen molar-refractivity contribution in [3.05, 3.63) is 65.9 Å². The van der Waals surface area contributed by atoms with Gasteiger partial charge >= 0.3 is 5.97 Å². The average Bonchev–Trinajstić information content (AvgIpc) is 3.35. The van der Waals surface area contributed by atoms with Gasteiger partial charge in [0.25, 0.3) is 5.91 Å². The molecule has 0 bridgehead atoms. The number of carbonyl (C=O) groups is 2. The van der Waals surface area contributed by atoms with Gasteiger partial charge in [0.15, 0.2) is 0 Å². The highest BCUT2D eigenvalue weighted by Crippen LogP contribution is 2.24. The summed E-state index contributed by atoms with van der Waals surface area (Å²) < 4.78 is 30.4. The van der Waals surface area contributed by atoms with Crippen LogP contribution in [0.4, 0.5) is 5.69 Å². The van der Waals surface area contributed by atoms with Gasteiger partial charge in [-0.05, 0) is 42.3 Å². The zero-order valence-corrected chi connectivity index (χ0v) is 17.8. The van der Waals surface area contributed by atoms with Crippen LogP contribution in [0.2, 0.25) is 0 Å². The van der Waals surface area contributed by atoms with E-state index in [1.54, 1.807) is 24.3 Å². The maximum atomic E-state index is 12.8. The number of hydrogen-bond acceptors (Lipinski definition) is 5. The molecule has 8 nitrogen and oxygen atoms in total. The maximum Gasteiger partial charge on any atom is 0.328 e. The van der Waals surface area contributed by atoms with Gasteiger partial charge in [-0.15, -0.1) is 0 Å². The molecule has 0 spiro atoms. The van der Waals surface area contributed by atoms with Gasteiger partial charge in [0, 0.05) is 35.6 Å². The molecule has 0 unspecified atom stereocenters. The van der Waals surface area contributed by atoms with Gasteiger partial charge in [0.2, 0.25) is 10.0 Å². The predicted molar refractivity (Wildman–Crippen MR) is 117 cm³/mol. The highest BCUT2D eigenvalue weighted by Gasteiger charge is 2.29. The second-order valence-corrected chi connectivity index (χ2v) is 9.41. The van der Waals surface area contributed by atoms with E-state index >= 15 is 0 Å². The van der Waals surface area contributed by atoms with Crippen LogP contribution in [0, 0.1) is 0 Å². The first kappa shape index (κ1) is 20.9. The standard InChI is InChI=1S/C22H23N3O5S/c1-30-22(27)20(13-16-14-23-19-6-3-2-5-18(16)19)24-21(26)15-7-9-17(10-8-15)25-11-4-12-31(25,28)29/h2-3,5-10,14,20,23H,4,11-13H2,1H3,(H,24,26)/t20-/m1/s1. The number of aromatic nitrogens is 1. The highest BCUT2D eigenvalue weighted by molar-refractivity contribution is 7.93. The molecule has 1 atom stereocenters. The molecular weight excluding hydrogens is 418 g/mol. The van der Waals surface area contributed by atoms with E-state index < -0.39 is 27.9 Å². The number of hydrogen-bond donors (Lipinski definition) is 2. The van der Waals surface area contributed by atoms with Gasteiger partial charge in [-0.1, -0.05) is 18.2 Å². The number of para-hydroxylation sites is 1. The molecule has 1 fully saturated rings. The molecule has 2 aromatic carbocycles. The van der Waals surface area contributed by atoms with Crippen LogP contribution in [0.15, 0.2) is 54.7 Å². The normalized spacial score (nSPS) is 16.2. The van der Waals surface area contributed by atoms with Crippen molar-refractivity contribution in [3.8, 4) is 0 Å². The lowest BCUT2D eigenvalue weighted by Crippen LogP contribution is -2.43. The Morgan fingerprint density at radius 2 is 1.90 bits per heavy atom. The van der Waals surface area contributed by atoms with Crippen LogP contribution in [-0.2, 0) is 26.0 Å². The summed E-state index contributed by atoms with van der Waals surface area (Å²) in [6.45, 7) is 0.433. The molecule has 1 aromatic heterocycles. The summed E-state index contributed by atoms with van der Waals surface area (Å²) in [5.74, 6) is -0.853. The van der Waals surface area contributed by atoms with Crippen LogP contribution >= 0.6 is 0 Å². The lowest BCUT2D eigenvalue weighted by molar-refractivity contribution is -0.142. The predicted octanol–water partition coefficient (Wildman–Crippen LogP) is 2.22. The van der Waals surface area contributed by atoms with Gasteiger partial charge in [0.05, 0.1) is 18.6 Å². The SMILES string of the molecule is COC(=O)[C@@H](Cc1c[nH]c2ccccc12)NC(=O)c1ccc(N2CCCS2(=O)=O)cc1. The zero-order valence-electron chi connectivity index (χ0n) is 17.0. The van der Waals surface area contributed by atoms with Crippen LogP contribution in [0.1, 0.15) is 22.3 Å². The molecule has 0 saturated carbocycles. The van der Waals surface area contributed by atoms with Crippen LogP contribution in [0.5, 0.6) is 0 Å². The van der Waals surface area contributed by atoms with Gasteiger partial charge in [-0.2, -0.15) is 0 Å². The molecule has 2 N–H and O–H groups in total. The van der Waals surface area contributed by atoms with Crippen molar-refractivity contribution in [2.24, 2.45) is 0 Å². The number of benzene rings is 2. The molecule has 0 radical (unpaired) electrons. The monoisotopic (exact) mass is 441 g/mol. The van der Waals surface area contributed by atoms with E-state index in [4.69, 9.17) is 4.74 Å². The molecule has 31 heavy (non-hydrogen) atoms. The van der Waals surface area contributed by atoms with Crippen LogP contribution in [0.25, 0.3) is 10.9 Å². The largest absolute Gasteiger partial charge is 0.467 e. The van der Waals surface area contributed by atoms with E-state index in [1.165, 1.54) is 11.4 Å². The summed E-state index contributed by atoms with van der Waals surface area (Å²) >= 11 is 0. The fourth-order valence-electron chi connectivity index (χ4n) is 3.81. The fourth-order valence-corrected chi connectivity index (χ4v) is 5.37. The van der Waals surface area contributed by atoms with E-state index in [0.29, 0.717) is 24.2 Å². The molecule has 1 aliphatic rings. The molecule has 2 heterocycles. The molecular formula is C22H23N3O5S. The van der Waals surface area contributed by atoms with Crippen molar-refractivity contribution in [2.75, 3.05) is 23.7 Å². The number of methoxy groups -OCH3 is 1. The lowest BCUT2D eigenvalue weighted by atomic mass is 10.0. The van der Waals surface area contributed by atoms with E-state index in [0.717, 1.165) is 16.5 Å². The molecule has 0 aliphatic carbocycles. The third kappa shape index (κ3) is 4.27. The van der Waals surface area contributed by atoms with Crippen molar-refractivity contribution >= 4 is 38.5 Å². The number of amides is 1. The second-order valence-electron chi connectivity index (χ2n) is 7.40. The molecule has 1 saturated heterocycles. The number of ether oxygens (including phenoxy) is 1. The molecule has 9 heteroatoms. The summed E-state index contributed by atoms with van der Waals surface area (Å²) in [6.07, 6.45) is 2.67. The topological polar surface area (TPSA) is 109 Å². The summed E-state index contributed by atoms with van der Waals surface area (Å²) in [6, 6.07) is 13.2. The number of nitrogens with one attached hydrogen (secondary N) is 2. The first-order valence-corrected chi connectivity index (χ1v) is 11.5. The first-order valence-electron chi connectivity index (χ1n) is 9.93. The van der Waals surface area contributed by atoms with Crippen molar-refractivity contribution < 1.29 is 22.7 Å². The van der Waals surface area contributed by atoms with Crippen molar-refractivity contribution in [3.63, 3.8) is 0 Å². The van der Waals surface area contributed by atoms with E-state index in [9.17, 15) is 18.0 Å². The van der Waals surface area contributed by atoms with Gasteiger partial charge in [-0.3, -0.25) is 9.10 Å². The third-order valence-electron chi connectivity index (χ3n) is 5.41. The number of aromatic amines is 1. The quantitative estimate of drug-likeness (QED) is 0.570. The Labute approximate surface area is 180 Å². The smallest absolute Gasteiger partial charge is 0.328 e. The molecule has 4 rings (SSSR count). The number of esters is 1. The number of nitrogens with zero attached hydrogens (tertiary/aromatic N) is 1. The van der Waals surface area contributed by atoms with Crippen molar-refractivity contribution in [1.29, 1.82) is 0 Å². The number of anilines is 1. The number of fused-ring (bicyclic) bond motifs is 1. The lowest BCUT2D eigenvalue weighted by Gasteiger charge is -2.18. The third-order valence-corrected chi connectivity index (χ3v) is 7.28.